The molecule has 0 radical (unpaired) electrons. The van der Waals surface area contributed by atoms with E-state index in [1.54, 1.807) is 18.2 Å². The fourth-order valence-electron chi connectivity index (χ4n) is 2.56. The number of amides is 1. The highest BCUT2D eigenvalue weighted by Gasteiger charge is 2.23. The number of benzene rings is 1. The van der Waals surface area contributed by atoms with E-state index in [0.29, 0.717) is 23.0 Å². The Morgan fingerprint density at radius 1 is 1.37 bits per heavy atom. The molecule has 4 heteroatoms. The molecule has 1 aromatic carbocycles. The van der Waals surface area contributed by atoms with Crippen molar-refractivity contribution in [3.05, 3.63) is 34.3 Å². The highest BCUT2D eigenvalue weighted by molar-refractivity contribution is 6.31. The van der Waals surface area contributed by atoms with Gasteiger partial charge in [-0.2, -0.15) is 0 Å². The molecule has 0 heterocycles. The van der Waals surface area contributed by atoms with Gasteiger partial charge in [0.25, 0.3) is 5.91 Å². The molecule has 1 fully saturated rings. The summed E-state index contributed by atoms with van der Waals surface area (Å²) in [6.45, 7) is 2.52. The van der Waals surface area contributed by atoms with Gasteiger partial charge in [-0.25, -0.2) is 0 Å². The molecule has 1 aromatic rings. The second-order valence-corrected chi connectivity index (χ2v) is 6.15. The molecule has 1 amide bonds. The van der Waals surface area contributed by atoms with Gasteiger partial charge in [-0.15, -0.1) is 11.6 Å². The average molecular weight is 300 g/mol. The van der Waals surface area contributed by atoms with Crippen LogP contribution in [0.1, 0.15) is 41.6 Å². The maximum absolute atomic E-state index is 12.2. The lowest BCUT2D eigenvalue weighted by Crippen LogP contribution is -2.35. The van der Waals surface area contributed by atoms with Crippen LogP contribution in [-0.2, 0) is 0 Å². The van der Waals surface area contributed by atoms with Gasteiger partial charge in [0.15, 0.2) is 0 Å². The summed E-state index contributed by atoms with van der Waals surface area (Å²) in [6, 6.07) is 5.40. The van der Waals surface area contributed by atoms with E-state index in [-0.39, 0.29) is 11.3 Å². The minimum absolute atomic E-state index is 0.0607. The van der Waals surface area contributed by atoms with E-state index in [4.69, 9.17) is 23.2 Å². The van der Waals surface area contributed by atoms with Crippen LogP contribution in [0.2, 0.25) is 5.02 Å². The predicted octanol–water partition coefficient (Wildman–Crippen LogP) is 4.18. The third-order valence-electron chi connectivity index (χ3n) is 3.85. The van der Waals surface area contributed by atoms with Crippen molar-refractivity contribution in [2.24, 2.45) is 5.92 Å². The van der Waals surface area contributed by atoms with Crippen LogP contribution in [-0.4, -0.2) is 17.8 Å². The van der Waals surface area contributed by atoms with Crippen molar-refractivity contribution in [1.29, 1.82) is 0 Å². The third kappa shape index (κ3) is 3.64. The van der Waals surface area contributed by atoms with E-state index in [9.17, 15) is 4.79 Å². The number of nitrogens with one attached hydrogen (secondary N) is 1. The Balaban J connectivity index is 1.95. The number of halogens is 2. The van der Waals surface area contributed by atoms with Crippen LogP contribution in [0.4, 0.5) is 0 Å². The molecule has 2 rings (SSSR count). The van der Waals surface area contributed by atoms with E-state index in [0.717, 1.165) is 18.4 Å². The molecular weight excluding hydrogens is 281 g/mol. The number of hydrogen-bond acceptors (Lipinski definition) is 1. The number of alkyl halides is 1. The minimum Gasteiger partial charge on any atom is -0.352 e. The second-order valence-electron chi connectivity index (χ2n) is 5.18. The molecule has 104 valence electrons. The molecule has 2 atom stereocenters. The van der Waals surface area contributed by atoms with Crippen molar-refractivity contribution in [1.82, 2.24) is 5.32 Å². The number of carbonyl (C=O) groups is 1. The number of carbonyl (C=O) groups excluding carboxylic acids is 1. The molecule has 1 aliphatic carbocycles. The average Bonchev–Trinajstić information content (AvgIpc) is 2.40. The van der Waals surface area contributed by atoms with Gasteiger partial charge >= 0.3 is 0 Å². The topological polar surface area (TPSA) is 29.1 Å². The highest BCUT2D eigenvalue weighted by Crippen LogP contribution is 2.28. The maximum atomic E-state index is 12.2. The van der Waals surface area contributed by atoms with E-state index in [1.165, 1.54) is 12.8 Å². The van der Waals surface area contributed by atoms with Gasteiger partial charge in [-0.1, -0.05) is 30.5 Å². The largest absolute Gasteiger partial charge is 0.352 e. The molecule has 2 unspecified atom stereocenters. The zero-order chi connectivity index (χ0) is 13.8. The second kappa shape index (κ2) is 6.62. The summed E-state index contributed by atoms with van der Waals surface area (Å²) in [5, 5.41) is 3.80. The third-order valence-corrected chi connectivity index (χ3v) is 4.84. The summed E-state index contributed by atoms with van der Waals surface area (Å²) in [4.78, 5) is 12.2. The molecular formula is C15H19Cl2NO. The Hall–Kier alpha value is -0.730. The fourth-order valence-corrected chi connectivity index (χ4v) is 3.11. The van der Waals surface area contributed by atoms with Crippen LogP contribution < -0.4 is 5.32 Å². The lowest BCUT2D eigenvalue weighted by molar-refractivity contribution is 0.0943. The Labute approximate surface area is 124 Å². The minimum atomic E-state index is -0.0607. The molecule has 0 spiro atoms. The van der Waals surface area contributed by atoms with Gasteiger partial charge in [0.1, 0.15) is 0 Å². The first-order valence-corrected chi connectivity index (χ1v) is 7.58. The molecule has 0 aromatic heterocycles. The van der Waals surface area contributed by atoms with Crippen molar-refractivity contribution >= 4 is 29.1 Å². The lowest BCUT2D eigenvalue weighted by Gasteiger charge is -2.27. The van der Waals surface area contributed by atoms with Crippen molar-refractivity contribution in [3.63, 3.8) is 0 Å². The molecule has 2 nitrogen and oxygen atoms in total. The Morgan fingerprint density at radius 3 is 2.84 bits per heavy atom. The molecule has 0 bridgehead atoms. The Morgan fingerprint density at radius 2 is 2.11 bits per heavy atom. The Bertz CT molecular complexity index is 461. The summed E-state index contributed by atoms with van der Waals surface area (Å²) >= 11 is 12.3. The molecule has 0 aliphatic heterocycles. The smallest absolute Gasteiger partial charge is 0.251 e. The summed E-state index contributed by atoms with van der Waals surface area (Å²) in [6.07, 6.45) is 4.56. The summed E-state index contributed by atoms with van der Waals surface area (Å²) in [7, 11) is 0. The molecule has 1 saturated carbocycles. The van der Waals surface area contributed by atoms with Gasteiger partial charge in [0, 0.05) is 22.5 Å². The van der Waals surface area contributed by atoms with Crippen LogP contribution in [0.15, 0.2) is 18.2 Å². The van der Waals surface area contributed by atoms with Crippen molar-refractivity contribution < 1.29 is 4.79 Å². The summed E-state index contributed by atoms with van der Waals surface area (Å²) in [5.41, 5.74) is 1.47. The lowest BCUT2D eigenvalue weighted by atomic mass is 9.88. The Kier molecular flexibility index (Phi) is 5.12. The normalized spacial score (nSPS) is 23.1. The maximum Gasteiger partial charge on any atom is 0.251 e. The van der Waals surface area contributed by atoms with Gasteiger partial charge in [0.2, 0.25) is 0 Å². The fraction of sp³-hybridized carbons (Fsp3) is 0.533. The van der Waals surface area contributed by atoms with E-state index >= 15 is 0 Å². The van der Waals surface area contributed by atoms with Gasteiger partial charge in [-0.05, 0) is 43.4 Å². The first kappa shape index (κ1) is 14.7. The monoisotopic (exact) mass is 299 g/mol. The zero-order valence-electron chi connectivity index (χ0n) is 11.1. The van der Waals surface area contributed by atoms with Crippen molar-refractivity contribution in [2.45, 2.75) is 38.0 Å². The molecule has 19 heavy (non-hydrogen) atoms. The quantitative estimate of drug-likeness (QED) is 0.834. The van der Waals surface area contributed by atoms with Gasteiger partial charge in [-0.3, -0.25) is 4.79 Å². The van der Waals surface area contributed by atoms with Crippen LogP contribution in [0, 0.1) is 12.8 Å². The first-order valence-electron chi connectivity index (χ1n) is 6.77. The van der Waals surface area contributed by atoms with Crippen LogP contribution in [0.5, 0.6) is 0 Å². The highest BCUT2D eigenvalue weighted by atomic mass is 35.5. The van der Waals surface area contributed by atoms with Crippen molar-refractivity contribution in [3.8, 4) is 0 Å². The van der Waals surface area contributed by atoms with Crippen LogP contribution in [0.3, 0.4) is 0 Å². The van der Waals surface area contributed by atoms with Gasteiger partial charge in [0.05, 0.1) is 0 Å². The van der Waals surface area contributed by atoms with Gasteiger partial charge < -0.3 is 5.32 Å². The number of hydrogen-bond donors (Lipinski definition) is 1. The van der Waals surface area contributed by atoms with Crippen molar-refractivity contribution in [2.75, 3.05) is 6.54 Å². The van der Waals surface area contributed by atoms with E-state index in [1.807, 2.05) is 6.92 Å². The zero-order valence-corrected chi connectivity index (χ0v) is 12.6. The molecule has 1 aliphatic rings. The van der Waals surface area contributed by atoms with E-state index in [2.05, 4.69) is 5.32 Å². The van der Waals surface area contributed by atoms with Crippen LogP contribution >= 0.6 is 23.2 Å². The first-order chi connectivity index (χ1) is 9.09. The van der Waals surface area contributed by atoms with Crippen LogP contribution in [0.25, 0.3) is 0 Å². The summed E-state index contributed by atoms with van der Waals surface area (Å²) in [5.74, 6) is 0.327. The predicted molar refractivity (Wildman–Crippen MR) is 80.1 cm³/mol. The summed E-state index contributed by atoms with van der Waals surface area (Å²) < 4.78 is 0. The van der Waals surface area contributed by atoms with E-state index < -0.39 is 0 Å². The standard InChI is InChI=1S/C15H19Cl2NO/c1-10-12(6-4-8-13(10)16)15(19)18-9-11-5-2-3-7-14(11)17/h4,6,8,11,14H,2-3,5,7,9H2,1H3,(H,18,19). The molecule has 0 saturated heterocycles. The number of rotatable bonds is 3. The SMILES string of the molecule is Cc1c(Cl)cccc1C(=O)NCC1CCCCC1Cl. The molecule has 1 N–H and O–H groups in total.